The normalized spacial score (nSPS) is 12.7. The summed E-state index contributed by atoms with van der Waals surface area (Å²) in [5.74, 6) is 0.0162. The van der Waals surface area contributed by atoms with Crippen LogP contribution < -0.4 is 16.0 Å². The van der Waals surface area contributed by atoms with Gasteiger partial charge in [0.2, 0.25) is 5.91 Å². The van der Waals surface area contributed by atoms with Crippen LogP contribution in [0.25, 0.3) is 0 Å². The molecular weight excluding hydrogens is 466 g/mol. The van der Waals surface area contributed by atoms with E-state index in [0.717, 1.165) is 11.1 Å². The number of carbonyl (C=O) groups excluding carboxylic acids is 3. The van der Waals surface area contributed by atoms with Crippen LogP contribution in [0.3, 0.4) is 0 Å². The second-order valence-electron chi connectivity index (χ2n) is 8.97. The molecule has 0 bridgehead atoms. The third-order valence-corrected chi connectivity index (χ3v) is 5.80. The van der Waals surface area contributed by atoms with E-state index in [1.54, 1.807) is 27.7 Å². The lowest BCUT2D eigenvalue weighted by Gasteiger charge is -2.22. The highest BCUT2D eigenvalue weighted by atomic mass is 32.2. The van der Waals surface area contributed by atoms with Gasteiger partial charge in [-0.25, -0.2) is 9.59 Å². The van der Waals surface area contributed by atoms with E-state index in [-0.39, 0.29) is 17.8 Å². The lowest BCUT2D eigenvalue weighted by Crippen LogP contribution is -2.46. The Morgan fingerprint density at radius 1 is 0.886 bits per heavy atom. The van der Waals surface area contributed by atoms with Crippen molar-refractivity contribution in [2.45, 2.75) is 57.6 Å². The van der Waals surface area contributed by atoms with Crippen molar-refractivity contribution in [3.63, 3.8) is 0 Å². The molecule has 0 radical (unpaired) electrons. The molecule has 190 valence electrons. The minimum atomic E-state index is -0.763. The highest BCUT2D eigenvalue weighted by Crippen LogP contribution is 2.16. The Morgan fingerprint density at radius 3 is 2.09 bits per heavy atom. The quantitative estimate of drug-likeness (QED) is 0.398. The molecule has 3 amide bonds. The fourth-order valence-corrected chi connectivity index (χ4v) is 3.92. The average molecular weight is 502 g/mol. The Balaban J connectivity index is 1.81. The van der Waals surface area contributed by atoms with E-state index >= 15 is 0 Å². The summed E-state index contributed by atoms with van der Waals surface area (Å²) in [6.07, 6.45) is -0.449. The zero-order valence-corrected chi connectivity index (χ0v) is 21.5. The van der Waals surface area contributed by atoms with Gasteiger partial charge < -0.3 is 25.4 Å². The van der Waals surface area contributed by atoms with Crippen molar-refractivity contribution in [2.24, 2.45) is 0 Å². The number of thioether (sulfide) groups is 1. The van der Waals surface area contributed by atoms with E-state index in [2.05, 4.69) is 16.0 Å². The first-order valence-electron chi connectivity index (χ1n) is 11.5. The molecular formula is C26H35N3O5S. The van der Waals surface area contributed by atoms with E-state index in [0.29, 0.717) is 18.8 Å². The predicted molar refractivity (Wildman–Crippen MR) is 138 cm³/mol. The third-order valence-electron chi connectivity index (χ3n) is 4.68. The van der Waals surface area contributed by atoms with Crippen LogP contribution >= 0.6 is 11.8 Å². The molecule has 2 atom stereocenters. The Bertz CT molecular complexity index is 935. The van der Waals surface area contributed by atoms with E-state index in [1.165, 1.54) is 11.8 Å². The average Bonchev–Trinajstić information content (AvgIpc) is 2.81. The van der Waals surface area contributed by atoms with Crippen LogP contribution in [0.4, 0.5) is 9.59 Å². The molecule has 0 spiro atoms. The van der Waals surface area contributed by atoms with Crippen LogP contribution in [0.15, 0.2) is 60.7 Å². The Labute approximate surface area is 211 Å². The van der Waals surface area contributed by atoms with E-state index in [9.17, 15) is 14.4 Å². The number of hydrogen-bond acceptors (Lipinski definition) is 6. The van der Waals surface area contributed by atoms with Gasteiger partial charge in [-0.05, 0) is 45.2 Å². The van der Waals surface area contributed by atoms with E-state index in [1.807, 2.05) is 60.7 Å². The topological polar surface area (TPSA) is 106 Å². The van der Waals surface area contributed by atoms with Crippen molar-refractivity contribution in [1.82, 2.24) is 16.0 Å². The molecule has 0 fully saturated rings. The Kier molecular flexibility index (Phi) is 11.4. The number of amides is 3. The number of ether oxygens (including phenoxy) is 2. The number of hydrogen-bond donors (Lipinski definition) is 3. The molecule has 0 aromatic heterocycles. The van der Waals surface area contributed by atoms with E-state index in [4.69, 9.17) is 9.47 Å². The maximum absolute atomic E-state index is 12.6. The van der Waals surface area contributed by atoms with Gasteiger partial charge in [-0.2, -0.15) is 0 Å². The van der Waals surface area contributed by atoms with Gasteiger partial charge in [0.25, 0.3) is 0 Å². The third kappa shape index (κ3) is 12.2. The molecule has 0 aliphatic heterocycles. The van der Waals surface area contributed by atoms with Crippen molar-refractivity contribution in [3.05, 3.63) is 71.8 Å². The first kappa shape index (κ1) is 28.0. The molecule has 0 aliphatic carbocycles. The Morgan fingerprint density at radius 2 is 1.49 bits per heavy atom. The first-order chi connectivity index (χ1) is 16.6. The summed E-state index contributed by atoms with van der Waals surface area (Å²) in [4.78, 5) is 36.5. The van der Waals surface area contributed by atoms with Gasteiger partial charge in [0.1, 0.15) is 18.2 Å². The highest BCUT2D eigenvalue weighted by molar-refractivity contribution is 7.99. The van der Waals surface area contributed by atoms with Crippen LogP contribution in [0.2, 0.25) is 0 Å². The molecule has 2 unspecified atom stereocenters. The maximum Gasteiger partial charge on any atom is 0.408 e. The predicted octanol–water partition coefficient (Wildman–Crippen LogP) is 4.24. The molecule has 35 heavy (non-hydrogen) atoms. The summed E-state index contributed by atoms with van der Waals surface area (Å²) in [5, 5.41) is 8.16. The van der Waals surface area contributed by atoms with E-state index < -0.39 is 23.8 Å². The minimum Gasteiger partial charge on any atom is -0.445 e. The van der Waals surface area contributed by atoms with Crippen molar-refractivity contribution in [3.8, 4) is 0 Å². The summed E-state index contributed by atoms with van der Waals surface area (Å²) >= 11 is 1.51. The van der Waals surface area contributed by atoms with Gasteiger partial charge in [0, 0.05) is 11.8 Å². The summed E-state index contributed by atoms with van der Waals surface area (Å²) in [5.41, 5.74) is 1.41. The summed E-state index contributed by atoms with van der Waals surface area (Å²) in [6, 6.07) is 18.4. The fraction of sp³-hybridized carbons (Fsp3) is 0.423. The van der Waals surface area contributed by atoms with Crippen molar-refractivity contribution in [1.29, 1.82) is 0 Å². The molecule has 0 saturated heterocycles. The number of nitrogens with one attached hydrogen (secondary N) is 3. The van der Waals surface area contributed by atoms with Crippen molar-refractivity contribution < 1.29 is 23.9 Å². The molecule has 3 N–H and O–H groups in total. The van der Waals surface area contributed by atoms with Gasteiger partial charge in [-0.1, -0.05) is 60.7 Å². The van der Waals surface area contributed by atoms with Gasteiger partial charge in [0.05, 0.1) is 5.88 Å². The molecule has 2 rings (SSSR count). The highest BCUT2D eigenvalue weighted by Gasteiger charge is 2.20. The molecule has 0 heterocycles. The lowest BCUT2D eigenvalue weighted by molar-refractivity contribution is -0.122. The number of carbonyl (C=O) groups is 3. The van der Waals surface area contributed by atoms with Crippen molar-refractivity contribution in [2.75, 3.05) is 12.4 Å². The second kappa shape index (κ2) is 14.3. The van der Waals surface area contributed by atoms with Crippen LogP contribution in [-0.2, 0) is 27.3 Å². The summed E-state index contributed by atoms with van der Waals surface area (Å²) in [6.45, 7) is 7.50. The first-order valence-corrected chi connectivity index (χ1v) is 12.5. The Hall–Kier alpha value is -3.20. The minimum absolute atomic E-state index is 0.00600. The van der Waals surface area contributed by atoms with Crippen LogP contribution in [0.1, 0.15) is 38.8 Å². The lowest BCUT2D eigenvalue weighted by atomic mass is 10.1. The fourth-order valence-electron chi connectivity index (χ4n) is 2.97. The molecule has 0 saturated carbocycles. The molecule has 9 heteroatoms. The molecule has 8 nitrogen and oxygen atoms in total. The zero-order chi connectivity index (χ0) is 25.7. The maximum atomic E-state index is 12.6. The van der Waals surface area contributed by atoms with Crippen LogP contribution in [-0.4, -0.2) is 47.4 Å². The zero-order valence-electron chi connectivity index (χ0n) is 20.7. The number of benzene rings is 2. The second-order valence-corrected chi connectivity index (χ2v) is 10.3. The molecule has 2 aromatic rings. The van der Waals surface area contributed by atoms with Gasteiger partial charge in [-0.3, -0.25) is 4.79 Å². The van der Waals surface area contributed by atoms with Gasteiger partial charge >= 0.3 is 12.2 Å². The smallest absolute Gasteiger partial charge is 0.408 e. The monoisotopic (exact) mass is 501 g/mol. The largest absolute Gasteiger partial charge is 0.445 e. The van der Waals surface area contributed by atoms with Crippen LogP contribution in [0.5, 0.6) is 0 Å². The van der Waals surface area contributed by atoms with Crippen LogP contribution in [0, 0.1) is 0 Å². The van der Waals surface area contributed by atoms with Gasteiger partial charge in [-0.15, -0.1) is 11.8 Å². The van der Waals surface area contributed by atoms with Gasteiger partial charge in [0.15, 0.2) is 0 Å². The number of rotatable bonds is 11. The summed E-state index contributed by atoms with van der Waals surface area (Å²) in [7, 11) is 0. The standard InChI is InChI=1S/C26H35N3O5S/c1-19(29-25(32)33-17-21-13-9-6-10-14-21)23(30)27-16-22(15-20-11-7-5-8-12-20)35-18-28-24(31)34-26(2,3)4/h5-14,19,22H,15-18H2,1-4H3,(H,27,30)(H,28,31)(H,29,32). The molecule has 0 aliphatic rings. The summed E-state index contributed by atoms with van der Waals surface area (Å²) < 4.78 is 10.4. The molecule has 2 aromatic carbocycles. The SMILES string of the molecule is CC(NC(=O)OCc1ccccc1)C(=O)NCC(Cc1ccccc1)SCNC(=O)OC(C)(C)C. The van der Waals surface area contributed by atoms with Crippen molar-refractivity contribution >= 4 is 29.9 Å². The number of alkyl carbamates (subject to hydrolysis) is 2.